The van der Waals surface area contributed by atoms with Gasteiger partial charge in [-0.25, -0.2) is 13.4 Å². The van der Waals surface area contributed by atoms with Gasteiger partial charge < -0.3 is 10.1 Å². The molecule has 114 valence electrons. The zero-order valence-corrected chi connectivity index (χ0v) is 13.3. The molecule has 1 N–H and O–H groups in total. The predicted octanol–water partition coefficient (Wildman–Crippen LogP) is 1.56. The Kier molecular flexibility index (Phi) is 6.38. The van der Waals surface area contributed by atoms with Crippen molar-refractivity contribution in [2.75, 3.05) is 32.6 Å². The number of nitrogens with zero attached hydrogens (tertiary/aromatic N) is 2. The topological polar surface area (TPSA) is 71.5 Å². The van der Waals surface area contributed by atoms with Gasteiger partial charge in [-0.05, 0) is 25.5 Å². The van der Waals surface area contributed by atoms with Crippen molar-refractivity contribution >= 4 is 15.8 Å². The van der Waals surface area contributed by atoms with Crippen molar-refractivity contribution in [1.29, 1.82) is 0 Å². The fourth-order valence-corrected chi connectivity index (χ4v) is 3.41. The van der Waals surface area contributed by atoms with Gasteiger partial charge in [-0.15, -0.1) is 0 Å². The molecule has 0 fully saturated rings. The number of hydrogen-bond donors (Lipinski definition) is 1. The summed E-state index contributed by atoms with van der Waals surface area (Å²) in [6.07, 6.45) is 2.12. The van der Waals surface area contributed by atoms with Gasteiger partial charge in [0.1, 0.15) is 10.7 Å². The summed E-state index contributed by atoms with van der Waals surface area (Å²) < 4.78 is 31.8. The van der Waals surface area contributed by atoms with Gasteiger partial charge in [0, 0.05) is 32.9 Å². The Morgan fingerprint density at radius 1 is 1.45 bits per heavy atom. The number of sulfonamides is 1. The Morgan fingerprint density at radius 3 is 2.60 bits per heavy atom. The summed E-state index contributed by atoms with van der Waals surface area (Å²) in [5.41, 5.74) is 0. The Hall–Kier alpha value is -1.18. The first-order chi connectivity index (χ1) is 9.47. The molecule has 1 aromatic heterocycles. The molecule has 0 amide bonds. The third-order valence-corrected chi connectivity index (χ3v) is 5.19. The minimum Gasteiger partial charge on any atom is -0.383 e. The smallest absolute Gasteiger partial charge is 0.244 e. The molecule has 0 radical (unpaired) electrons. The molecule has 0 aromatic carbocycles. The molecule has 0 aliphatic carbocycles. The van der Waals surface area contributed by atoms with Crippen LogP contribution in [0.4, 0.5) is 5.82 Å². The Morgan fingerprint density at radius 2 is 2.15 bits per heavy atom. The number of hydrogen-bond acceptors (Lipinski definition) is 5. The van der Waals surface area contributed by atoms with E-state index in [4.69, 9.17) is 4.74 Å². The van der Waals surface area contributed by atoms with Crippen molar-refractivity contribution in [1.82, 2.24) is 9.29 Å². The molecule has 1 atom stereocenters. The van der Waals surface area contributed by atoms with Crippen molar-refractivity contribution < 1.29 is 13.2 Å². The average molecular weight is 301 g/mol. The van der Waals surface area contributed by atoms with Crippen LogP contribution in [0.3, 0.4) is 0 Å². The number of rotatable bonds is 8. The second-order valence-electron chi connectivity index (χ2n) is 4.49. The van der Waals surface area contributed by atoms with E-state index in [2.05, 4.69) is 10.3 Å². The number of aromatic nitrogens is 1. The van der Waals surface area contributed by atoms with Crippen molar-refractivity contribution in [3.63, 3.8) is 0 Å². The standard InChI is InChI=1S/C13H23N3O3S/c1-5-11(2)16(8-9-19-4)20(17,18)12-6-7-13(14-3)15-10-12/h6-7,10-11H,5,8-9H2,1-4H3,(H,14,15). The lowest BCUT2D eigenvalue weighted by molar-refractivity contribution is 0.167. The Labute approximate surface area is 121 Å². The number of pyridine rings is 1. The quantitative estimate of drug-likeness (QED) is 0.789. The van der Waals surface area contributed by atoms with E-state index in [0.717, 1.165) is 6.42 Å². The maximum atomic E-state index is 12.6. The molecule has 20 heavy (non-hydrogen) atoms. The molecule has 1 aromatic rings. The van der Waals surface area contributed by atoms with Gasteiger partial charge >= 0.3 is 0 Å². The first-order valence-electron chi connectivity index (χ1n) is 6.62. The second-order valence-corrected chi connectivity index (χ2v) is 6.39. The van der Waals surface area contributed by atoms with Crippen LogP contribution >= 0.6 is 0 Å². The summed E-state index contributed by atoms with van der Waals surface area (Å²) >= 11 is 0. The van der Waals surface area contributed by atoms with E-state index in [1.807, 2.05) is 13.8 Å². The number of nitrogens with one attached hydrogen (secondary N) is 1. The number of anilines is 1. The van der Waals surface area contributed by atoms with Crippen LogP contribution in [0.2, 0.25) is 0 Å². The van der Waals surface area contributed by atoms with Gasteiger partial charge in [-0.1, -0.05) is 6.92 Å². The van der Waals surface area contributed by atoms with Gasteiger partial charge in [0.05, 0.1) is 6.61 Å². The van der Waals surface area contributed by atoms with E-state index < -0.39 is 10.0 Å². The fourth-order valence-electron chi connectivity index (χ4n) is 1.78. The molecular weight excluding hydrogens is 278 g/mol. The van der Waals surface area contributed by atoms with Crippen molar-refractivity contribution in [2.45, 2.75) is 31.2 Å². The zero-order valence-electron chi connectivity index (χ0n) is 12.5. The lowest BCUT2D eigenvalue weighted by atomic mass is 10.3. The summed E-state index contributed by atoms with van der Waals surface area (Å²) in [5.74, 6) is 0.635. The monoisotopic (exact) mass is 301 g/mol. The normalized spacial score (nSPS) is 13.4. The maximum Gasteiger partial charge on any atom is 0.244 e. The second kappa shape index (κ2) is 7.56. The van der Waals surface area contributed by atoms with Crippen LogP contribution in [0, 0.1) is 0 Å². The molecule has 0 spiro atoms. The molecule has 1 rings (SSSR count). The van der Waals surface area contributed by atoms with E-state index in [9.17, 15) is 8.42 Å². The van der Waals surface area contributed by atoms with Crippen molar-refractivity contribution in [3.8, 4) is 0 Å². The highest BCUT2D eigenvalue weighted by Crippen LogP contribution is 2.19. The highest BCUT2D eigenvalue weighted by molar-refractivity contribution is 7.89. The van der Waals surface area contributed by atoms with Crippen LogP contribution in [-0.4, -0.2) is 51.1 Å². The highest BCUT2D eigenvalue weighted by atomic mass is 32.2. The summed E-state index contributed by atoms with van der Waals surface area (Å²) in [6.45, 7) is 4.55. The molecular formula is C13H23N3O3S. The third kappa shape index (κ3) is 3.91. The molecule has 0 aliphatic heterocycles. The Bertz CT molecular complexity index is 502. The van der Waals surface area contributed by atoms with Gasteiger partial charge in [-0.3, -0.25) is 0 Å². The van der Waals surface area contributed by atoms with Gasteiger partial charge in [0.15, 0.2) is 0 Å². The minimum absolute atomic E-state index is 0.0841. The largest absolute Gasteiger partial charge is 0.383 e. The van der Waals surface area contributed by atoms with Crippen LogP contribution in [-0.2, 0) is 14.8 Å². The van der Waals surface area contributed by atoms with Crippen LogP contribution in [0.1, 0.15) is 20.3 Å². The van der Waals surface area contributed by atoms with Crippen LogP contribution in [0.5, 0.6) is 0 Å². The van der Waals surface area contributed by atoms with Crippen molar-refractivity contribution in [3.05, 3.63) is 18.3 Å². The molecule has 6 nitrogen and oxygen atoms in total. The number of ether oxygens (including phenoxy) is 1. The summed E-state index contributed by atoms with van der Waals surface area (Å²) in [5, 5.41) is 2.86. The third-order valence-electron chi connectivity index (χ3n) is 3.20. The van der Waals surface area contributed by atoms with Crippen LogP contribution in [0.15, 0.2) is 23.2 Å². The minimum atomic E-state index is -3.55. The van der Waals surface area contributed by atoms with Crippen LogP contribution < -0.4 is 5.32 Å². The molecule has 0 bridgehead atoms. The number of methoxy groups -OCH3 is 1. The SMILES string of the molecule is CCC(C)N(CCOC)S(=O)(=O)c1ccc(NC)nc1. The molecule has 7 heteroatoms. The highest BCUT2D eigenvalue weighted by Gasteiger charge is 2.28. The van der Waals surface area contributed by atoms with Gasteiger partial charge in [0.25, 0.3) is 0 Å². The van der Waals surface area contributed by atoms with E-state index >= 15 is 0 Å². The van der Waals surface area contributed by atoms with E-state index in [1.165, 1.54) is 10.5 Å². The van der Waals surface area contributed by atoms with E-state index in [0.29, 0.717) is 19.0 Å². The van der Waals surface area contributed by atoms with E-state index in [1.54, 1.807) is 26.3 Å². The van der Waals surface area contributed by atoms with Gasteiger partial charge in [-0.2, -0.15) is 4.31 Å². The zero-order chi connectivity index (χ0) is 15.2. The molecule has 0 aliphatic rings. The lowest BCUT2D eigenvalue weighted by Gasteiger charge is -2.27. The first-order valence-corrected chi connectivity index (χ1v) is 8.06. The molecule has 1 unspecified atom stereocenters. The average Bonchev–Trinajstić information content (AvgIpc) is 2.47. The van der Waals surface area contributed by atoms with Crippen LogP contribution in [0.25, 0.3) is 0 Å². The lowest BCUT2D eigenvalue weighted by Crippen LogP contribution is -2.40. The maximum absolute atomic E-state index is 12.6. The Balaban J connectivity index is 3.07. The fraction of sp³-hybridized carbons (Fsp3) is 0.615. The van der Waals surface area contributed by atoms with Crippen molar-refractivity contribution in [2.24, 2.45) is 0 Å². The first kappa shape index (κ1) is 16.9. The van der Waals surface area contributed by atoms with E-state index in [-0.39, 0.29) is 10.9 Å². The molecule has 0 saturated heterocycles. The summed E-state index contributed by atoms with van der Waals surface area (Å²) in [6, 6.07) is 3.13. The predicted molar refractivity (Wildman–Crippen MR) is 79.3 cm³/mol. The summed E-state index contributed by atoms with van der Waals surface area (Å²) in [4.78, 5) is 4.26. The molecule has 1 heterocycles. The van der Waals surface area contributed by atoms with Gasteiger partial charge in [0.2, 0.25) is 10.0 Å². The molecule has 0 saturated carbocycles. The summed E-state index contributed by atoms with van der Waals surface area (Å²) in [7, 11) is -0.250.